The van der Waals surface area contributed by atoms with Crippen LogP contribution in [0.4, 0.5) is 11.4 Å². The standard InChI is InChI=1S/C16H23N3O2/c1-11(2)7-14(8-12(3)4)18-16-6-5-15(19(20)21)9-13(16)10-17/h5-6,9,11-12,14,18H,7-8H2,1-4H3. The Morgan fingerprint density at radius 3 is 2.24 bits per heavy atom. The van der Waals surface area contributed by atoms with Gasteiger partial charge < -0.3 is 5.32 Å². The molecule has 1 N–H and O–H groups in total. The molecule has 1 rings (SSSR count). The summed E-state index contributed by atoms with van der Waals surface area (Å²) in [7, 11) is 0. The lowest BCUT2D eigenvalue weighted by molar-refractivity contribution is -0.384. The lowest BCUT2D eigenvalue weighted by Gasteiger charge is -2.24. The van der Waals surface area contributed by atoms with Crippen LogP contribution in [0.15, 0.2) is 18.2 Å². The van der Waals surface area contributed by atoms with E-state index in [0.29, 0.717) is 23.1 Å². The molecule has 21 heavy (non-hydrogen) atoms. The summed E-state index contributed by atoms with van der Waals surface area (Å²) >= 11 is 0. The van der Waals surface area contributed by atoms with Crippen molar-refractivity contribution in [2.45, 2.75) is 46.6 Å². The lowest BCUT2D eigenvalue weighted by atomic mass is 9.95. The zero-order chi connectivity index (χ0) is 16.0. The van der Waals surface area contributed by atoms with E-state index in [2.05, 4.69) is 33.0 Å². The predicted octanol–water partition coefficient (Wildman–Crippen LogP) is 4.34. The number of non-ortho nitro benzene ring substituents is 1. The van der Waals surface area contributed by atoms with Gasteiger partial charge in [-0.3, -0.25) is 10.1 Å². The van der Waals surface area contributed by atoms with Crippen LogP contribution in [-0.2, 0) is 0 Å². The fraction of sp³-hybridized carbons (Fsp3) is 0.562. The van der Waals surface area contributed by atoms with Gasteiger partial charge in [0.2, 0.25) is 0 Å². The second-order valence-electron chi connectivity index (χ2n) is 6.20. The monoisotopic (exact) mass is 289 g/mol. The number of hydrogen-bond acceptors (Lipinski definition) is 4. The third-order valence-electron chi connectivity index (χ3n) is 3.21. The first-order valence-electron chi connectivity index (χ1n) is 7.28. The highest BCUT2D eigenvalue weighted by Crippen LogP contribution is 2.25. The molecule has 0 saturated heterocycles. The van der Waals surface area contributed by atoms with Crippen molar-refractivity contribution in [1.29, 1.82) is 5.26 Å². The number of hydrogen-bond donors (Lipinski definition) is 1. The molecule has 0 spiro atoms. The molecule has 0 amide bonds. The Balaban J connectivity index is 2.97. The number of nitro benzene ring substituents is 1. The Hall–Kier alpha value is -2.09. The Labute approximate surface area is 126 Å². The summed E-state index contributed by atoms with van der Waals surface area (Å²) in [5.41, 5.74) is 0.942. The molecule has 5 heteroatoms. The van der Waals surface area contributed by atoms with Crippen LogP contribution >= 0.6 is 0 Å². The summed E-state index contributed by atoms with van der Waals surface area (Å²) in [6.45, 7) is 8.65. The van der Waals surface area contributed by atoms with Gasteiger partial charge in [-0.05, 0) is 30.7 Å². The molecule has 5 nitrogen and oxygen atoms in total. The summed E-state index contributed by atoms with van der Waals surface area (Å²) in [5, 5.41) is 23.3. The van der Waals surface area contributed by atoms with Crippen LogP contribution in [0.5, 0.6) is 0 Å². The van der Waals surface area contributed by atoms with E-state index in [-0.39, 0.29) is 11.7 Å². The zero-order valence-corrected chi connectivity index (χ0v) is 13.1. The third kappa shape index (κ3) is 5.42. The fourth-order valence-electron chi connectivity index (χ4n) is 2.44. The van der Waals surface area contributed by atoms with Crippen LogP contribution in [0.3, 0.4) is 0 Å². The molecule has 1 aromatic carbocycles. The number of rotatable bonds is 7. The van der Waals surface area contributed by atoms with Gasteiger partial charge in [-0.2, -0.15) is 5.26 Å². The molecule has 0 aliphatic carbocycles. The van der Waals surface area contributed by atoms with Crippen LogP contribution < -0.4 is 5.32 Å². The number of benzene rings is 1. The van der Waals surface area contributed by atoms with Gasteiger partial charge in [0.05, 0.1) is 16.2 Å². The topological polar surface area (TPSA) is 79.0 Å². The molecule has 0 aliphatic rings. The van der Waals surface area contributed by atoms with Crippen molar-refractivity contribution in [1.82, 2.24) is 0 Å². The minimum Gasteiger partial charge on any atom is -0.381 e. The fourth-order valence-corrected chi connectivity index (χ4v) is 2.44. The molecule has 0 unspecified atom stereocenters. The van der Waals surface area contributed by atoms with Crippen LogP contribution in [-0.4, -0.2) is 11.0 Å². The van der Waals surface area contributed by atoms with E-state index >= 15 is 0 Å². The van der Waals surface area contributed by atoms with Crippen molar-refractivity contribution < 1.29 is 4.92 Å². The van der Waals surface area contributed by atoms with Gasteiger partial charge in [0.15, 0.2) is 0 Å². The van der Waals surface area contributed by atoms with Crippen molar-refractivity contribution in [2.24, 2.45) is 11.8 Å². The molecular weight excluding hydrogens is 266 g/mol. The first-order chi connectivity index (χ1) is 9.83. The van der Waals surface area contributed by atoms with Crippen LogP contribution in [0.25, 0.3) is 0 Å². The predicted molar refractivity (Wildman–Crippen MR) is 84.1 cm³/mol. The second-order valence-corrected chi connectivity index (χ2v) is 6.20. The average Bonchev–Trinajstić information content (AvgIpc) is 2.37. The van der Waals surface area contributed by atoms with E-state index in [1.54, 1.807) is 6.07 Å². The quantitative estimate of drug-likeness (QED) is 0.598. The summed E-state index contributed by atoms with van der Waals surface area (Å²) in [6, 6.07) is 6.69. The maximum absolute atomic E-state index is 10.8. The number of nitro groups is 1. The van der Waals surface area contributed by atoms with Crippen molar-refractivity contribution in [2.75, 3.05) is 5.32 Å². The number of anilines is 1. The van der Waals surface area contributed by atoms with Gasteiger partial charge in [0.25, 0.3) is 5.69 Å². The third-order valence-corrected chi connectivity index (χ3v) is 3.21. The highest BCUT2D eigenvalue weighted by atomic mass is 16.6. The largest absolute Gasteiger partial charge is 0.381 e. The van der Waals surface area contributed by atoms with Gasteiger partial charge in [0, 0.05) is 18.2 Å². The molecule has 0 atom stereocenters. The average molecular weight is 289 g/mol. The van der Waals surface area contributed by atoms with Crippen LogP contribution in [0.1, 0.15) is 46.1 Å². The van der Waals surface area contributed by atoms with Crippen molar-refractivity contribution in [3.8, 4) is 6.07 Å². The molecule has 114 valence electrons. The SMILES string of the molecule is CC(C)CC(CC(C)C)Nc1ccc([N+](=O)[O-])cc1C#N. The second kappa shape index (κ2) is 7.63. The van der Waals surface area contributed by atoms with Crippen LogP contribution in [0, 0.1) is 33.3 Å². The Kier molecular flexibility index (Phi) is 6.16. The Bertz CT molecular complexity index is 523. The highest BCUT2D eigenvalue weighted by Gasteiger charge is 2.16. The molecule has 1 aromatic rings. The van der Waals surface area contributed by atoms with Crippen molar-refractivity contribution in [3.05, 3.63) is 33.9 Å². The summed E-state index contributed by atoms with van der Waals surface area (Å²) in [5.74, 6) is 1.09. The molecule has 0 heterocycles. The first kappa shape index (κ1) is 17.0. The smallest absolute Gasteiger partial charge is 0.270 e. The Morgan fingerprint density at radius 2 is 1.81 bits per heavy atom. The minimum absolute atomic E-state index is 0.0543. The van der Waals surface area contributed by atoms with E-state index in [1.807, 2.05) is 6.07 Å². The molecule has 0 aliphatic heterocycles. The molecule has 0 saturated carbocycles. The number of nitriles is 1. The zero-order valence-electron chi connectivity index (χ0n) is 13.1. The lowest BCUT2D eigenvalue weighted by Crippen LogP contribution is -2.24. The summed E-state index contributed by atoms with van der Waals surface area (Å²) in [4.78, 5) is 10.3. The molecule has 0 fully saturated rings. The molecular formula is C16H23N3O2. The van der Waals surface area contributed by atoms with E-state index in [1.165, 1.54) is 12.1 Å². The normalized spacial score (nSPS) is 11.0. The minimum atomic E-state index is -0.482. The maximum atomic E-state index is 10.8. The van der Waals surface area contributed by atoms with E-state index < -0.39 is 4.92 Å². The van der Waals surface area contributed by atoms with Crippen molar-refractivity contribution >= 4 is 11.4 Å². The van der Waals surface area contributed by atoms with E-state index in [9.17, 15) is 15.4 Å². The van der Waals surface area contributed by atoms with Gasteiger partial charge in [-0.1, -0.05) is 27.7 Å². The van der Waals surface area contributed by atoms with Gasteiger partial charge in [0.1, 0.15) is 6.07 Å². The van der Waals surface area contributed by atoms with Gasteiger partial charge >= 0.3 is 0 Å². The molecule has 0 bridgehead atoms. The summed E-state index contributed by atoms with van der Waals surface area (Å²) in [6.07, 6.45) is 2.00. The summed E-state index contributed by atoms with van der Waals surface area (Å²) < 4.78 is 0. The number of nitrogens with zero attached hydrogens (tertiary/aromatic N) is 2. The van der Waals surface area contributed by atoms with Crippen molar-refractivity contribution in [3.63, 3.8) is 0 Å². The van der Waals surface area contributed by atoms with E-state index in [0.717, 1.165) is 12.8 Å². The molecule has 0 radical (unpaired) electrons. The number of nitrogens with one attached hydrogen (secondary N) is 1. The van der Waals surface area contributed by atoms with Gasteiger partial charge in [-0.25, -0.2) is 0 Å². The maximum Gasteiger partial charge on any atom is 0.270 e. The highest BCUT2D eigenvalue weighted by molar-refractivity contribution is 5.61. The van der Waals surface area contributed by atoms with Gasteiger partial charge in [-0.15, -0.1) is 0 Å². The first-order valence-corrected chi connectivity index (χ1v) is 7.28. The van der Waals surface area contributed by atoms with Crippen LogP contribution in [0.2, 0.25) is 0 Å². The molecule has 0 aromatic heterocycles. The van der Waals surface area contributed by atoms with E-state index in [4.69, 9.17) is 0 Å². The Morgan fingerprint density at radius 1 is 1.24 bits per heavy atom.